The minimum absolute atomic E-state index is 0.137. The molecule has 0 aliphatic heterocycles. The van der Waals surface area contributed by atoms with Gasteiger partial charge in [0.05, 0.1) is 18.2 Å². The predicted octanol–water partition coefficient (Wildman–Crippen LogP) is 2.41. The van der Waals surface area contributed by atoms with Crippen molar-refractivity contribution in [3.63, 3.8) is 0 Å². The number of hydrogen-bond donors (Lipinski definition) is 1. The zero-order valence-electron chi connectivity index (χ0n) is 7.63. The van der Waals surface area contributed by atoms with Gasteiger partial charge in [0.15, 0.2) is 0 Å². The van der Waals surface area contributed by atoms with E-state index in [9.17, 15) is 18.0 Å². The summed E-state index contributed by atoms with van der Waals surface area (Å²) in [6.07, 6.45) is -4.58. The molecule has 0 saturated heterocycles. The number of methoxy groups -OCH3 is 1. The number of carboxylic acid groups (broad SMARTS) is 1. The monoisotopic (exact) mass is 220 g/mol. The lowest BCUT2D eigenvalue weighted by atomic mass is 10.1. The Hall–Kier alpha value is -1.72. The zero-order valence-corrected chi connectivity index (χ0v) is 7.63. The third kappa shape index (κ3) is 2.61. The number of hydrogen-bond acceptors (Lipinski definition) is 2. The van der Waals surface area contributed by atoms with Crippen molar-refractivity contribution in [2.75, 3.05) is 7.11 Å². The summed E-state index contributed by atoms with van der Waals surface area (Å²) >= 11 is 0. The Labute approximate surface area is 83.1 Å². The molecular formula is C9H7F3O3. The molecule has 3 nitrogen and oxygen atoms in total. The van der Waals surface area contributed by atoms with Crippen LogP contribution in [-0.4, -0.2) is 18.2 Å². The Morgan fingerprint density at radius 3 is 2.33 bits per heavy atom. The molecule has 0 fully saturated rings. The number of aromatic carboxylic acids is 1. The first-order valence-corrected chi connectivity index (χ1v) is 3.84. The van der Waals surface area contributed by atoms with E-state index in [1.807, 2.05) is 0 Å². The van der Waals surface area contributed by atoms with Crippen LogP contribution in [0.5, 0.6) is 5.75 Å². The zero-order chi connectivity index (χ0) is 11.6. The minimum atomic E-state index is -4.58. The summed E-state index contributed by atoms with van der Waals surface area (Å²) in [6, 6.07) is 2.33. The third-order valence-corrected chi connectivity index (χ3v) is 1.72. The van der Waals surface area contributed by atoms with Gasteiger partial charge in [0.25, 0.3) is 0 Å². The van der Waals surface area contributed by atoms with Crippen LogP contribution in [-0.2, 0) is 6.18 Å². The molecule has 0 aliphatic rings. The highest BCUT2D eigenvalue weighted by Gasteiger charge is 2.32. The molecule has 0 heterocycles. The average Bonchev–Trinajstić information content (AvgIpc) is 2.15. The fourth-order valence-corrected chi connectivity index (χ4v) is 1.00. The second-order valence-corrected chi connectivity index (χ2v) is 2.75. The highest BCUT2D eigenvalue weighted by molar-refractivity contribution is 5.88. The van der Waals surface area contributed by atoms with Crippen LogP contribution >= 0.6 is 0 Å². The average molecular weight is 220 g/mol. The lowest BCUT2D eigenvalue weighted by Gasteiger charge is -2.09. The quantitative estimate of drug-likeness (QED) is 0.832. The molecule has 15 heavy (non-hydrogen) atoms. The summed E-state index contributed by atoms with van der Waals surface area (Å²) in [4.78, 5) is 10.5. The van der Waals surface area contributed by atoms with E-state index in [-0.39, 0.29) is 5.75 Å². The number of alkyl halides is 3. The van der Waals surface area contributed by atoms with Crippen LogP contribution in [0.2, 0.25) is 0 Å². The van der Waals surface area contributed by atoms with Crippen LogP contribution in [0, 0.1) is 0 Å². The van der Waals surface area contributed by atoms with Crippen LogP contribution in [0.4, 0.5) is 13.2 Å². The van der Waals surface area contributed by atoms with E-state index >= 15 is 0 Å². The van der Waals surface area contributed by atoms with Crippen molar-refractivity contribution in [1.29, 1.82) is 0 Å². The summed E-state index contributed by atoms with van der Waals surface area (Å²) < 4.78 is 41.5. The number of halogens is 3. The molecular weight excluding hydrogens is 213 g/mol. The van der Waals surface area contributed by atoms with Crippen LogP contribution < -0.4 is 4.74 Å². The molecule has 0 bridgehead atoms. The molecule has 1 rings (SSSR count). The van der Waals surface area contributed by atoms with Gasteiger partial charge in [-0.3, -0.25) is 0 Å². The largest absolute Gasteiger partial charge is 0.497 e. The minimum Gasteiger partial charge on any atom is -0.497 e. The fraction of sp³-hybridized carbons (Fsp3) is 0.222. The summed E-state index contributed by atoms with van der Waals surface area (Å²) in [5.74, 6) is -1.57. The van der Waals surface area contributed by atoms with Crippen molar-refractivity contribution in [3.8, 4) is 5.75 Å². The SMILES string of the molecule is COc1cc(C(=O)O)cc(C(F)(F)F)c1. The number of benzene rings is 1. The Morgan fingerprint density at radius 1 is 1.33 bits per heavy atom. The van der Waals surface area contributed by atoms with Gasteiger partial charge >= 0.3 is 12.1 Å². The smallest absolute Gasteiger partial charge is 0.416 e. The summed E-state index contributed by atoms with van der Waals surface area (Å²) in [5, 5.41) is 8.57. The van der Waals surface area contributed by atoms with Crippen molar-refractivity contribution in [1.82, 2.24) is 0 Å². The van der Waals surface area contributed by atoms with E-state index in [1.54, 1.807) is 0 Å². The normalized spacial score (nSPS) is 11.2. The maximum absolute atomic E-state index is 12.3. The van der Waals surface area contributed by atoms with Gasteiger partial charge in [0.2, 0.25) is 0 Å². The van der Waals surface area contributed by atoms with Crippen molar-refractivity contribution >= 4 is 5.97 Å². The van der Waals surface area contributed by atoms with Gasteiger partial charge in [-0.05, 0) is 18.2 Å². The topological polar surface area (TPSA) is 46.5 Å². The summed E-state index contributed by atoms with van der Waals surface area (Å²) in [7, 11) is 1.17. The van der Waals surface area contributed by atoms with E-state index in [1.165, 1.54) is 7.11 Å². The lowest BCUT2D eigenvalue weighted by molar-refractivity contribution is -0.137. The van der Waals surface area contributed by atoms with E-state index < -0.39 is 23.3 Å². The van der Waals surface area contributed by atoms with Gasteiger partial charge in [0.1, 0.15) is 5.75 Å². The van der Waals surface area contributed by atoms with Crippen LogP contribution in [0.15, 0.2) is 18.2 Å². The highest BCUT2D eigenvalue weighted by atomic mass is 19.4. The van der Waals surface area contributed by atoms with Crippen molar-refractivity contribution in [2.45, 2.75) is 6.18 Å². The molecule has 6 heteroatoms. The molecule has 1 N–H and O–H groups in total. The van der Waals surface area contributed by atoms with Gasteiger partial charge in [0, 0.05) is 0 Å². The number of rotatable bonds is 2. The number of carboxylic acids is 1. The molecule has 0 unspecified atom stereocenters. The van der Waals surface area contributed by atoms with Crippen molar-refractivity contribution < 1.29 is 27.8 Å². The van der Waals surface area contributed by atoms with Crippen LogP contribution in [0.3, 0.4) is 0 Å². The van der Waals surface area contributed by atoms with E-state index in [0.29, 0.717) is 6.07 Å². The maximum Gasteiger partial charge on any atom is 0.416 e. The molecule has 1 aromatic carbocycles. The van der Waals surface area contributed by atoms with Crippen LogP contribution in [0.25, 0.3) is 0 Å². The Bertz CT molecular complexity index is 385. The molecule has 0 amide bonds. The van der Waals surface area contributed by atoms with Gasteiger partial charge < -0.3 is 9.84 Å². The molecule has 0 radical (unpaired) electrons. The predicted molar refractivity (Wildman–Crippen MR) is 45.0 cm³/mol. The second kappa shape index (κ2) is 3.80. The molecule has 0 atom stereocenters. The maximum atomic E-state index is 12.3. The molecule has 82 valence electrons. The Balaban J connectivity index is 3.30. The molecule has 1 aromatic rings. The van der Waals surface area contributed by atoms with Gasteiger partial charge in [-0.25, -0.2) is 4.79 Å². The first kappa shape index (κ1) is 11.4. The summed E-state index contributed by atoms with van der Waals surface area (Å²) in [6.45, 7) is 0. The number of carbonyl (C=O) groups is 1. The highest BCUT2D eigenvalue weighted by Crippen LogP contribution is 2.32. The fourth-order valence-electron chi connectivity index (χ4n) is 1.00. The third-order valence-electron chi connectivity index (χ3n) is 1.72. The van der Waals surface area contributed by atoms with E-state index in [4.69, 9.17) is 5.11 Å². The van der Waals surface area contributed by atoms with Crippen molar-refractivity contribution in [3.05, 3.63) is 29.3 Å². The molecule has 0 aromatic heterocycles. The molecule has 0 aliphatic carbocycles. The van der Waals surface area contributed by atoms with Gasteiger partial charge in [-0.1, -0.05) is 0 Å². The van der Waals surface area contributed by atoms with Crippen LogP contribution in [0.1, 0.15) is 15.9 Å². The van der Waals surface area contributed by atoms with E-state index in [2.05, 4.69) is 4.74 Å². The number of ether oxygens (including phenoxy) is 1. The van der Waals surface area contributed by atoms with Crippen molar-refractivity contribution in [2.24, 2.45) is 0 Å². The first-order valence-electron chi connectivity index (χ1n) is 3.84. The first-order chi connectivity index (χ1) is 6.84. The lowest BCUT2D eigenvalue weighted by Crippen LogP contribution is -2.08. The summed E-state index contributed by atoms with van der Waals surface area (Å²) in [5.41, 5.74) is -1.50. The second-order valence-electron chi connectivity index (χ2n) is 2.75. The van der Waals surface area contributed by atoms with E-state index in [0.717, 1.165) is 12.1 Å². The Morgan fingerprint density at radius 2 is 1.93 bits per heavy atom. The molecule has 0 saturated carbocycles. The standard InChI is InChI=1S/C9H7F3O3/c1-15-7-3-5(8(13)14)2-6(4-7)9(10,11)12/h2-4H,1H3,(H,13,14). The Kier molecular flexibility index (Phi) is 2.88. The van der Waals surface area contributed by atoms with Gasteiger partial charge in [-0.2, -0.15) is 13.2 Å². The molecule has 0 spiro atoms. The van der Waals surface area contributed by atoms with Gasteiger partial charge in [-0.15, -0.1) is 0 Å².